The van der Waals surface area contributed by atoms with Crippen LogP contribution in [-0.4, -0.2) is 23.2 Å². The minimum absolute atomic E-state index is 0.0459. The Kier molecular flexibility index (Phi) is 6.57. The molecule has 0 spiro atoms. The van der Waals surface area contributed by atoms with Crippen molar-refractivity contribution in [2.75, 3.05) is 0 Å². The van der Waals surface area contributed by atoms with Crippen LogP contribution in [0.15, 0.2) is 30.3 Å². The molecule has 2 N–H and O–H groups in total. The smallest absolute Gasteiger partial charge is 0.223 e. The van der Waals surface area contributed by atoms with Gasteiger partial charge in [0, 0.05) is 12.3 Å². The van der Waals surface area contributed by atoms with Crippen LogP contribution in [-0.2, 0) is 11.2 Å². The van der Waals surface area contributed by atoms with E-state index < -0.39 is 6.10 Å². The van der Waals surface area contributed by atoms with Crippen LogP contribution >= 0.6 is 0 Å². The van der Waals surface area contributed by atoms with E-state index in [2.05, 4.69) is 5.32 Å². The molecule has 1 aromatic rings. The molecule has 106 valence electrons. The molecular formula is C16H25NO2. The van der Waals surface area contributed by atoms with Crippen molar-refractivity contribution in [3.63, 3.8) is 0 Å². The highest BCUT2D eigenvalue weighted by Crippen LogP contribution is 2.10. The SMILES string of the molecule is CCC(CC)C(=O)N[C@H](C)[C@H](O)Cc1ccccc1. The van der Waals surface area contributed by atoms with E-state index in [0.29, 0.717) is 6.42 Å². The van der Waals surface area contributed by atoms with Crippen molar-refractivity contribution >= 4 is 5.91 Å². The van der Waals surface area contributed by atoms with Gasteiger partial charge in [-0.1, -0.05) is 44.2 Å². The van der Waals surface area contributed by atoms with E-state index in [-0.39, 0.29) is 17.9 Å². The van der Waals surface area contributed by atoms with Crippen molar-refractivity contribution in [2.24, 2.45) is 5.92 Å². The normalized spacial score (nSPS) is 14.2. The topological polar surface area (TPSA) is 49.3 Å². The first-order valence-electron chi connectivity index (χ1n) is 7.10. The van der Waals surface area contributed by atoms with E-state index in [4.69, 9.17) is 0 Å². The summed E-state index contributed by atoms with van der Waals surface area (Å²) in [6.07, 6.45) is 1.68. The average Bonchev–Trinajstić information content (AvgIpc) is 2.41. The fourth-order valence-corrected chi connectivity index (χ4v) is 2.13. The molecular weight excluding hydrogens is 238 g/mol. The van der Waals surface area contributed by atoms with Crippen LogP contribution < -0.4 is 5.32 Å². The van der Waals surface area contributed by atoms with Crippen LogP contribution in [0.5, 0.6) is 0 Å². The Labute approximate surface area is 116 Å². The minimum Gasteiger partial charge on any atom is -0.391 e. The molecule has 0 bridgehead atoms. The highest BCUT2D eigenvalue weighted by molar-refractivity contribution is 5.78. The summed E-state index contributed by atoms with van der Waals surface area (Å²) >= 11 is 0. The average molecular weight is 263 g/mol. The first-order valence-corrected chi connectivity index (χ1v) is 7.10. The third-order valence-electron chi connectivity index (χ3n) is 3.59. The lowest BCUT2D eigenvalue weighted by molar-refractivity contribution is -0.126. The first kappa shape index (κ1) is 15.7. The molecule has 0 saturated heterocycles. The van der Waals surface area contributed by atoms with Crippen molar-refractivity contribution < 1.29 is 9.90 Å². The molecule has 0 unspecified atom stereocenters. The van der Waals surface area contributed by atoms with Gasteiger partial charge in [0.1, 0.15) is 0 Å². The summed E-state index contributed by atoms with van der Waals surface area (Å²) in [6, 6.07) is 9.60. The lowest BCUT2D eigenvalue weighted by Gasteiger charge is -2.22. The van der Waals surface area contributed by atoms with Crippen LogP contribution in [0.4, 0.5) is 0 Å². The summed E-state index contributed by atoms with van der Waals surface area (Å²) in [5.41, 5.74) is 1.08. The van der Waals surface area contributed by atoms with Gasteiger partial charge in [0.15, 0.2) is 0 Å². The number of aliphatic hydroxyl groups is 1. The largest absolute Gasteiger partial charge is 0.391 e. The Morgan fingerprint density at radius 3 is 2.32 bits per heavy atom. The monoisotopic (exact) mass is 263 g/mol. The fourth-order valence-electron chi connectivity index (χ4n) is 2.13. The number of benzene rings is 1. The second-order valence-electron chi connectivity index (χ2n) is 5.07. The molecule has 0 aliphatic rings. The standard InChI is InChI=1S/C16H25NO2/c1-4-14(5-2)16(19)17-12(3)15(18)11-13-9-7-6-8-10-13/h6-10,12,14-15,18H,4-5,11H2,1-3H3,(H,17,19)/t12-,15-/m1/s1. The molecule has 1 rings (SSSR count). The number of rotatable bonds is 7. The molecule has 0 aliphatic heterocycles. The van der Waals surface area contributed by atoms with Gasteiger partial charge in [0.2, 0.25) is 5.91 Å². The zero-order chi connectivity index (χ0) is 14.3. The molecule has 0 saturated carbocycles. The van der Waals surface area contributed by atoms with E-state index in [1.165, 1.54) is 0 Å². The molecule has 19 heavy (non-hydrogen) atoms. The Balaban J connectivity index is 2.48. The lowest BCUT2D eigenvalue weighted by Crippen LogP contribution is -2.44. The molecule has 3 nitrogen and oxygen atoms in total. The van der Waals surface area contributed by atoms with E-state index in [1.807, 2.05) is 51.1 Å². The molecule has 1 aromatic carbocycles. The van der Waals surface area contributed by atoms with Gasteiger partial charge >= 0.3 is 0 Å². The van der Waals surface area contributed by atoms with Gasteiger partial charge in [0.05, 0.1) is 12.1 Å². The summed E-state index contributed by atoms with van der Waals surface area (Å²) < 4.78 is 0. The maximum Gasteiger partial charge on any atom is 0.223 e. The number of carbonyl (C=O) groups is 1. The Hall–Kier alpha value is -1.35. The van der Waals surface area contributed by atoms with Crippen LogP contribution in [0, 0.1) is 5.92 Å². The number of nitrogens with one attached hydrogen (secondary N) is 1. The van der Waals surface area contributed by atoms with E-state index in [1.54, 1.807) is 0 Å². The van der Waals surface area contributed by atoms with Crippen molar-refractivity contribution in [1.29, 1.82) is 0 Å². The van der Waals surface area contributed by atoms with Gasteiger partial charge < -0.3 is 10.4 Å². The van der Waals surface area contributed by atoms with E-state index in [0.717, 1.165) is 18.4 Å². The number of hydrogen-bond donors (Lipinski definition) is 2. The molecule has 0 heterocycles. The predicted octanol–water partition coefficient (Wildman–Crippen LogP) is 2.53. The van der Waals surface area contributed by atoms with Crippen LogP contribution in [0.2, 0.25) is 0 Å². The van der Waals surface area contributed by atoms with Crippen molar-refractivity contribution in [3.05, 3.63) is 35.9 Å². The number of carbonyl (C=O) groups excluding carboxylic acids is 1. The maximum atomic E-state index is 12.0. The molecule has 2 atom stereocenters. The van der Waals surface area contributed by atoms with Gasteiger partial charge in [-0.15, -0.1) is 0 Å². The van der Waals surface area contributed by atoms with Crippen molar-refractivity contribution in [3.8, 4) is 0 Å². The Morgan fingerprint density at radius 2 is 1.79 bits per heavy atom. The van der Waals surface area contributed by atoms with Gasteiger partial charge in [0.25, 0.3) is 0 Å². The molecule has 0 aliphatic carbocycles. The third kappa shape index (κ3) is 5.03. The number of aliphatic hydroxyl groups excluding tert-OH is 1. The Morgan fingerprint density at radius 1 is 1.21 bits per heavy atom. The molecule has 0 radical (unpaired) electrons. The van der Waals surface area contributed by atoms with E-state index >= 15 is 0 Å². The van der Waals surface area contributed by atoms with Gasteiger partial charge in [-0.25, -0.2) is 0 Å². The zero-order valence-electron chi connectivity index (χ0n) is 12.1. The zero-order valence-corrected chi connectivity index (χ0v) is 12.1. The highest BCUT2D eigenvalue weighted by Gasteiger charge is 2.20. The summed E-state index contributed by atoms with van der Waals surface area (Å²) in [7, 11) is 0. The van der Waals surface area contributed by atoms with Gasteiger partial charge in [-0.3, -0.25) is 4.79 Å². The van der Waals surface area contributed by atoms with Crippen LogP contribution in [0.3, 0.4) is 0 Å². The van der Waals surface area contributed by atoms with Crippen LogP contribution in [0.1, 0.15) is 39.2 Å². The summed E-state index contributed by atoms with van der Waals surface area (Å²) in [4.78, 5) is 12.0. The van der Waals surface area contributed by atoms with Gasteiger partial charge in [-0.05, 0) is 25.3 Å². The van der Waals surface area contributed by atoms with Crippen molar-refractivity contribution in [2.45, 2.75) is 52.2 Å². The predicted molar refractivity (Wildman–Crippen MR) is 77.8 cm³/mol. The number of hydrogen-bond acceptors (Lipinski definition) is 2. The quantitative estimate of drug-likeness (QED) is 0.794. The highest BCUT2D eigenvalue weighted by atomic mass is 16.3. The Bertz CT molecular complexity index is 374. The molecule has 1 amide bonds. The summed E-state index contributed by atoms with van der Waals surface area (Å²) in [6.45, 7) is 5.88. The fraction of sp³-hybridized carbons (Fsp3) is 0.562. The van der Waals surface area contributed by atoms with E-state index in [9.17, 15) is 9.90 Å². The second kappa shape index (κ2) is 7.95. The molecule has 0 aromatic heterocycles. The summed E-state index contributed by atoms with van der Waals surface area (Å²) in [5.74, 6) is 0.0935. The minimum atomic E-state index is -0.555. The number of amides is 1. The van der Waals surface area contributed by atoms with Crippen molar-refractivity contribution in [1.82, 2.24) is 5.32 Å². The van der Waals surface area contributed by atoms with Crippen LogP contribution in [0.25, 0.3) is 0 Å². The lowest BCUT2D eigenvalue weighted by atomic mass is 10.00. The van der Waals surface area contributed by atoms with Gasteiger partial charge in [-0.2, -0.15) is 0 Å². The summed E-state index contributed by atoms with van der Waals surface area (Å²) in [5, 5.41) is 13.0. The third-order valence-corrected chi connectivity index (χ3v) is 3.59. The molecule has 3 heteroatoms. The molecule has 0 fully saturated rings. The first-order chi connectivity index (χ1) is 9.08. The second-order valence-corrected chi connectivity index (χ2v) is 5.07. The maximum absolute atomic E-state index is 12.0.